The Hall–Kier alpha value is -2.28. The lowest BCUT2D eigenvalue weighted by molar-refractivity contribution is -0.113. The molecule has 0 radical (unpaired) electrons. The minimum atomic E-state index is -0.139. The number of anilines is 1. The predicted molar refractivity (Wildman–Crippen MR) is 109 cm³/mol. The number of rotatable bonds is 7. The van der Waals surface area contributed by atoms with Crippen LogP contribution in [-0.4, -0.2) is 26.3 Å². The highest BCUT2D eigenvalue weighted by Gasteiger charge is 2.12. The Balaban J connectivity index is 1.65. The van der Waals surface area contributed by atoms with Crippen LogP contribution in [0.2, 0.25) is 5.02 Å². The first-order valence-electron chi connectivity index (χ1n) is 8.45. The van der Waals surface area contributed by atoms with Gasteiger partial charge < -0.3 is 15.0 Å². The second kappa shape index (κ2) is 9.08. The number of nitrogens with zero attached hydrogens (tertiary/aromatic N) is 2. The number of carbonyl (C=O) groups excluding carboxylic acids is 1. The van der Waals surface area contributed by atoms with E-state index in [4.69, 9.17) is 11.6 Å². The second-order valence-electron chi connectivity index (χ2n) is 6.09. The van der Waals surface area contributed by atoms with Gasteiger partial charge in [-0.2, -0.15) is 0 Å². The zero-order chi connectivity index (χ0) is 19.2. The average molecular weight is 402 g/mol. The summed E-state index contributed by atoms with van der Waals surface area (Å²) in [6.45, 7) is 2.41. The lowest BCUT2D eigenvalue weighted by Gasteiger charge is -2.09. The van der Waals surface area contributed by atoms with E-state index in [0.717, 1.165) is 11.1 Å². The van der Waals surface area contributed by atoms with Crippen molar-refractivity contribution in [2.24, 2.45) is 0 Å². The summed E-state index contributed by atoms with van der Waals surface area (Å²) in [4.78, 5) is 16.7. The minimum Gasteiger partial charge on any atom is -0.390 e. The molecule has 3 rings (SSSR count). The van der Waals surface area contributed by atoms with Gasteiger partial charge in [0.25, 0.3) is 0 Å². The molecule has 0 unspecified atom stereocenters. The number of halogens is 1. The van der Waals surface area contributed by atoms with Crippen molar-refractivity contribution in [2.75, 3.05) is 11.1 Å². The van der Waals surface area contributed by atoms with Gasteiger partial charge >= 0.3 is 0 Å². The van der Waals surface area contributed by atoms with Crippen LogP contribution in [0.4, 0.5) is 5.69 Å². The molecule has 0 saturated heterocycles. The number of aromatic nitrogens is 2. The summed E-state index contributed by atoms with van der Waals surface area (Å²) in [6, 6.07) is 15.4. The van der Waals surface area contributed by atoms with Crippen LogP contribution in [0.5, 0.6) is 0 Å². The van der Waals surface area contributed by atoms with Crippen molar-refractivity contribution < 1.29 is 9.90 Å². The first-order chi connectivity index (χ1) is 13.0. The highest BCUT2D eigenvalue weighted by atomic mass is 35.5. The molecular formula is C20H20ClN3O2S. The zero-order valence-electron chi connectivity index (χ0n) is 14.9. The minimum absolute atomic E-state index is 0.136. The predicted octanol–water partition coefficient (Wildman–Crippen LogP) is 4.12. The molecule has 7 heteroatoms. The number of amides is 1. The molecule has 0 fully saturated rings. The summed E-state index contributed by atoms with van der Waals surface area (Å²) >= 11 is 7.43. The third kappa shape index (κ3) is 5.35. The van der Waals surface area contributed by atoms with Crippen LogP contribution in [0.1, 0.15) is 16.8 Å². The SMILES string of the molecule is Cc1ccc(NC(=O)CSc2nc(CO)cn2Cc2ccccc2)cc1Cl. The topological polar surface area (TPSA) is 67.2 Å². The van der Waals surface area contributed by atoms with E-state index in [1.54, 1.807) is 6.07 Å². The first kappa shape index (κ1) is 19.5. The molecule has 140 valence electrons. The van der Waals surface area contributed by atoms with Crippen molar-refractivity contribution in [1.29, 1.82) is 0 Å². The van der Waals surface area contributed by atoms with Crippen molar-refractivity contribution in [3.05, 3.63) is 76.6 Å². The fourth-order valence-corrected chi connectivity index (χ4v) is 3.51. The number of hydrogen-bond donors (Lipinski definition) is 2. The maximum Gasteiger partial charge on any atom is 0.234 e. The van der Waals surface area contributed by atoms with E-state index < -0.39 is 0 Å². The third-order valence-electron chi connectivity index (χ3n) is 3.94. The summed E-state index contributed by atoms with van der Waals surface area (Å²) < 4.78 is 1.95. The van der Waals surface area contributed by atoms with Gasteiger partial charge in [0.05, 0.1) is 18.1 Å². The van der Waals surface area contributed by atoms with Crippen LogP contribution in [0, 0.1) is 6.92 Å². The van der Waals surface area contributed by atoms with Gasteiger partial charge in [-0.3, -0.25) is 4.79 Å². The summed E-state index contributed by atoms with van der Waals surface area (Å²) in [5.41, 5.74) is 3.34. The molecule has 2 aromatic carbocycles. The molecular weight excluding hydrogens is 382 g/mol. The molecule has 1 heterocycles. The van der Waals surface area contributed by atoms with Gasteiger partial charge in [0.2, 0.25) is 5.91 Å². The number of aliphatic hydroxyl groups excluding tert-OH is 1. The summed E-state index contributed by atoms with van der Waals surface area (Å²) in [6.07, 6.45) is 1.81. The molecule has 0 spiro atoms. The van der Waals surface area contributed by atoms with Gasteiger partial charge in [0.1, 0.15) is 0 Å². The fraction of sp³-hybridized carbons (Fsp3) is 0.200. The Morgan fingerprint density at radius 3 is 2.74 bits per heavy atom. The number of aryl methyl sites for hydroxylation is 1. The van der Waals surface area contributed by atoms with Crippen LogP contribution < -0.4 is 5.32 Å². The maximum atomic E-state index is 12.3. The lowest BCUT2D eigenvalue weighted by atomic mass is 10.2. The van der Waals surface area contributed by atoms with E-state index in [1.807, 2.05) is 60.2 Å². The molecule has 0 atom stereocenters. The van der Waals surface area contributed by atoms with E-state index in [2.05, 4.69) is 10.3 Å². The molecule has 1 aromatic heterocycles. The van der Waals surface area contributed by atoms with Gasteiger partial charge in [-0.1, -0.05) is 59.8 Å². The standard InChI is InChI=1S/C20H20ClN3O2S/c1-14-7-8-16(9-18(14)21)22-19(26)13-27-20-23-17(12-25)11-24(20)10-15-5-3-2-4-6-15/h2-9,11,25H,10,12-13H2,1H3,(H,22,26). The maximum absolute atomic E-state index is 12.3. The van der Waals surface area contributed by atoms with E-state index in [9.17, 15) is 9.90 Å². The molecule has 0 aliphatic rings. The van der Waals surface area contributed by atoms with Crippen LogP contribution in [-0.2, 0) is 17.9 Å². The Morgan fingerprint density at radius 2 is 2.04 bits per heavy atom. The smallest absolute Gasteiger partial charge is 0.234 e. The number of hydrogen-bond acceptors (Lipinski definition) is 4. The Labute approximate surface area is 167 Å². The number of carbonyl (C=O) groups is 1. The molecule has 27 heavy (non-hydrogen) atoms. The van der Waals surface area contributed by atoms with Crippen LogP contribution >= 0.6 is 23.4 Å². The second-order valence-corrected chi connectivity index (χ2v) is 7.44. The lowest BCUT2D eigenvalue weighted by Crippen LogP contribution is -2.14. The van der Waals surface area contributed by atoms with Crippen LogP contribution in [0.3, 0.4) is 0 Å². The molecule has 1 amide bonds. The van der Waals surface area contributed by atoms with Crippen molar-refractivity contribution in [2.45, 2.75) is 25.2 Å². The molecule has 0 aliphatic carbocycles. The number of benzene rings is 2. The molecule has 2 N–H and O–H groups in total. The molecule has 0 saturated carbocycles. The first-order valence-corrected chi connectivity index (χ1v) is 9.81. The average Bonchev–Trinajstić information content (AvgIpc) is 3.06. The van der Waals surface area contributed by atoms with E-state index in [0.29, 0.717) is 28.1 Å². The van der Waals surface area contributed by atoms with Gasteiger partial charge in [-0.25, -0.2) is 4.98 Å². The van der Waals surface area contributed by atoms with Crippen molar-refractivity contribution in [3.63, 3.8) is 0 Å². The molecule has 0 aliphatic heterocycles. The number of thioether (sulfide) groups is 1. The quantitative estimate of drug-likeness (QED) is 0.584. The summed E-state index contributed by atoms with van der Waals surface area (Å²) in [5.74, 6) is 0.0713. The van der Waals surface area contributed by atoms with Gasteiger partial charge in [0.15, 0.2) is 5.16 Å². The zero-order valence-corrected chi connectivity index (χ0v) is 16.4. The number of aliphatic hydroxyl groups is 1. The Morgan fingerprint density at radius 1 is 1.26 bits per heavy atom. The summed E-state index contributed by atoms with van der Waals surface area (Å²) in [5, 5.41) is 13.5. The summed E-state index contributed by atoms with van der Waals surface area (Å²) in [7, 11) is 0. The van der Waals surface area contributed by atoms with Crippen molar-refractivity contribution in [1.82, 2.24) is 9.55 Å². The number of nitrogens with one attached hydrogen (secondary N) is 1. The number of imidazole rings is 1. The Kier molecular flexibility index (Phi) is 6.55. The van der Waals surface area contributed by atoms with Crippen molar-refractivity contribution >= 4 is 35.0 Å². The highest BCUT2D eigenvalue weighted by molar-refractivity contribution is 7.99. The monoisotopic (exact) mass is 401 g/mol. The van der Waals surface area contributed by atoms with Gasteiger partial charge in [0, 0.05) is 23.5 Å². The van der Waals surface area contributed by atoms with E-state index in [1.165, 1.54) is 11.8 Å². The van der Waals surface area contributed by atoms with E-state index in [-0.39, 0.29) is 18.3 Å². The van der Waals surface area contributed by atoms with Crippen molar-refractivity contribution in [3.8, 4) is 0 Å². The fourth-order valence-electron chi connectivity index (χ4n) is 2.53. The van der Waals surface area contributed by atoms with Crippen LogP contribution in [0.25, 0.3) is 0 Å². The largest absolute Gasteiger partial charge is 0.390 e. The normalized spacial score (nSPS) is 10.8. The van der Waals surface area contributed by atoms with Gasteiger partial charge in [-0.05, 0) is 30.2 Å². The van der Waals surface area contributed by atoms with E-state index >= 15 is 0 Å². The highest BCUT2D eigenvalue weighted by Crippen LogP contribution is 2.22. The third-order valence-corrected chi connectivity index (χ3v) is 5.33. The Bertz CT molecular complexity index is 928. The van der Waals surface area contributed by atoms with Crippen LogP contribution in [0.15, 0.2) is 59.9 Å². The molecule has 3 aromatic rings. The van der Waals surface area contributed by atoms with Gasteiger partial charge in [-0.15, -0.1) is 0 Å². The molecule has 0 bridgehead atoms. The molecule has 5 nitrogen and oxygen atoms in total.